The SMILES string of the molecule is CC1(C)C/C(=C\CN)CO1. The van der Waals surface area contributed by atoms with E-state index >= 15 is 0 Å². The van der Waals surface area contributed by atoms with Gasteiger partial charge in [0.05, 0.1) is 12.2 Å². The first-order valence-corrected chi connectivity index (χ1v) is 3.66. The van der Waals surface area contributed by atoms with E-state index in [1.807, 2.05) is 0 Å². The Morgan fingerprint density at radius 3 is 2.80 bits per heavy atom. The van der Waals surface area contributed by atoms with Crippen molar-refractivity contribution in [2.75, 3.05) is 13.2 Å². The van der Waals surface area contributed by atoms with Gasteiger partial charge in [-0.25, -0.2) is 0 Å². The van der Waals surface area contributed by atoms with E-state index in [9.17, 15) is 0 Å². The van der Waals surface area contributed by atoms with Crippen LogP contribution in [-0.2, 0) is 4.74 Å². The molecule has 1 aliphatic heterocycles. The van der Waals surface area contributed by atoms with Crippen LogP contribution in [0.1, 0.15) is 20.3 Å². The third-order valence-electron chi connectivity index (χ3n) is 1.71. The minimum absolute atomic E-state index is 0.0427. The highest BCUT2D eigenvalue weighted by Gasteiger charge is 2.26. The maximum absolute atomic E-state index is 5.48. The van der Waals surface area contributed by atoms with Crippen molar-refractivity contribution in [1.82, 2.24) is 0 Å². The summed E-state index contributed by atoms with van der Waals surface area (Å²) < 4.78 is 5.48. The molecule has 0 saturated carbocycles. The van der Waals surface area contributed by atoms with Crippen molar-refractivity contribution in [3.05, 3.63) is 11.6 Å². The number of nitrogens with two attached hydrogens (primary N) is 1. The molecule has 0 aromatic rings. The van der Waals surface area contributed by atoms with Crippen LogP contribution in [-0.4, -0.2) is 18.8 Å². The molecule has 2 heteroatoms. The van der Waals surface area contributed by atoms with Crippen LogP contribution in [0.25, 0.3) is 0 Å². The molecule has 0 unspecified atom stereocenters. The summed E-state index contributed by atoms with van der Waals surface area (Å²) in [5.41, 5.74) is 6.75. The number of hydrogen-bond donors (Lipinski definition) is 1. The van der Waals surface area contributed by atoms with Gasteiger partial charge in [-0.15, -0.1) is 0 Å². The van der Waals surface area contributed by atoms with Gasteiger partial charge in [0.25, 0.3) is 0 Å². The van der Waals surface area contributed by atoms with Crippen LogP contribution in [0, 0.1) is 0 Å². The first kappa shape index (κ1) is 7.76. The molecule has 2 N–H and O–H groups in total. The van der Waals surface area contributed by atoms with Gasteiger partial charge in [0.2, 0.25) is 0 Å². The van der Waals surface area contributed by atoms with Crippen LogP contribution in [0.15, 0.2) is 11.6 Å². The van der Waals surface area contributed by atoms with Crippen molar-refractivity contribution in [1.29, 1.82) is 0 Å². The highest BCUT2D eigenvalue weighted by Crippen LogP contribution is 2.27. The van der Waals surface area contributed by atoms with Gasteiger partial charge in [-0.2, -0.15) is 0 Å². The fourth-order valence-corrected chi connectivity index (χ4v) is 1.23. The Morgan fingerprint density at radius 1 is 1.70 bits per heavy atom. The van der Waals surface area contributed by atoms with E-state index in [0.29, 0.717) is 6.54 Å². The maximum atomic E-state index is 5.48. The average Bonchev–Trinajstić information content (AvgIpc) is 2.12. The Bertz CT molecular complexity index is 149. The smallest absolute Gasteiger partial charge is 0.0685 e. The lowest BCUT2D eigenvalue weighted by atomic mass is 10.0. The van der Waals surface area contributed by atoms with E-state index < -0.39 is 0 Å². The Labute approximate surface area is 62.1 Å². The molecule has 1 heterocycles. The van der Waals surface area contributed by atoms with Crippen LogP contribution in [0.3, 0.4) is 0 Å². The van der Waals surface area contributed by atoms with Gasteiger partial charge in [0.1, 0.15) is 0 Å². The summed E-state index contributed by atoms with van der Waals surface area (Å²) in [7, 11) is 0. The Hall–Kier alpha value is -0.340. The van der Waals surface area contributed by atoms with E-state index in [-0.39, 0.29) is 5.60 Å². The summed E-state index contributed by atoms with van der Waals surface area (Å²) in [5, 5.41) is 0. The number of rotatable bonds is 1. The Morgan fingerprint density at radius 2 is 2.40 bits per heavy atom. The van der Waals surface area contributed by atoms with Crippen molar-refractivity contribution in [3.63, 3.8) is 0 Å². The predicted octanol–water partition coefficient (Wildman–Crippen LogP) is 1.07. The molecule has 1 fully saturated rings. The third-order valence-corrected chi connectivity index (χ3v) is 1.71. The number of hydrogen-bond acceptors (Lipinski definition) is 2. The summed E-state index contributed by atoms with van der Waals surface area (Å²) in [4.78, 5) is 0. The lowest BCUT2D eigenvalue weighted by molar-refractivity contribution is 0.0377. The summed E-state index contributed by atoms with van der Waals surface area (Å²) in [6.45, 7) is 5.60. The van der Waals surface area contributed by atoms with Crippen LogP contribution < -0.4 is 5.73 Å². The molecule has 1 aliphatic rings. The van der Waals surface area contributed by atoms with E-state index in [0.717, 1.165) is 13.0 Å². The standard InChI is InChI=1S/C8H15NO/c1-8(2)5-7(3-4-9)6-10-8/h3H,4-6,9H2,1-2H3/b7-3+. The zero-order valence-electron chi connectivity index (χ0n) is 6.68. The molecule has 0 amide bonds. The molecule has 0 aliphatic carbocycles. The predicted molar refractivity (Wildman–Crippen MR) is 41.8 cm³/mol. The second-order valence-electron chi connectivity index (χ2n) is 3.32. The second kappa shape index (κ2) is 2.72. The Balaban J connectivity index is 2.51. The zero-order valence-corrected chi connectivity index (χ0v) is 6.68. The molecule has 0 spiro atoms. The molecule has 10 heavy (non-hydrogen) atoms. The second-order valence-corrected chi connectivity index (χ2v) is 3.32. The molecule has 58 valence electrons. The molecule has 2 nitrogen and oxygen atoms in total. The topological polar surface area (TPSA) is 35.2 Å². The van der Waals surface area contributed by atoms with E-state index in [4.69, 9.17) is 10.5 Å². The molecule has 0 radical (unpaired) electrons. The minimum Gasteiger partial charge on any atom is -0.371 e. The third kappa shape index (κ3) is 1.82. The van der Waals surface area contributed by atoms with E-state index in [1.165, 1.54) is 5.57 Å². The molecule has 0 bridgehead atoms. The van der Waals surface area contributed by atoms with Crippen LogP contribution in [0.4, 0.5) is 0 Å². The first-order valence-electron chi connectivity index (χ1n) is 3.66. The summed E-state index contributed by atoms with van der Waals surface area (Å²) in [6.07, 6.45) is 3.08. The summed E-state index contributed by atoms with van der Waals surface area (Å²) in [5.74, 6) is 0. The van der Waals surface area contributed by atoms with E-state index in [2.05, 4.69) is 19.9 Å². The van der Waals surface area contributed by atoms with Crippen molar-refractivity contribution >= 4 is 0 Å². The monoisotopic (exact) mass is 141 g/mol. The highest BCUT2D eigenvalue weighted by molar-refractivity contribution is 5.11. The minimum atomic E-state index is 0.0427. The molecule has 0 aromatic heterocycles. The van der Waals surface area contributed by atoms with Gasteiger partial charge < -0.3 is 10.5 Å². The maximum Gasteiger partial charge on any atom is 0.0685 e. The highest BCUT2D eigenvalue weighted by atomic mass is 16.5. The lowest BCUT2D eigenvalue weighted by Crippen LogP contribution is -2.16. The number of ether oxygens (including phenoxy) is 1. The molecular formula is C8H15NO. The molecule has 1 saturated heterocycles. The van der Waals surface area contributed by atoms with Gasteiger partial charge in [-0.3, -0.25) is 0 Å². The lowest BCUT2D eigenvalue weighted by Gasteiger charge is -2.14. The van der Waals surface area contributed by atoms with Crippen LogP contribution >= 0.6 is 0 Å². The first-order chi connectivity index (χ1) is 4.64. The normalized spacial score (nSPS) is 27.7. The van der Waals surface area contributed by atoms with E-state index in [1.54, 1.807) is 0 Å². The van der Waals surface area contributed by atoms with Gasteiger partial charge in [0, 0.05) is 6.54 Å². The molecule has 0 aromatic carbocycles. The van der Waals surface area contributed by atoms with Gasteiger partial charge in [-0.1, -0.05) is 6.08 Å². The van der Waals surface area contributed by atoms with Crippen molar-refractivity contribution in [2.45, 2.75) is 25.9 Å². The van der Waals surface area contributed by atoms with Crippen molar-refractivity contribution < 1.29 is 4.74 Å². The van der Waals surface area contributed by atoms with Gasteiger partial charge in [0.15, 0.2) is 0 Å². The average molecular weight is 141 g/mol. The van der Waals surface area contributed by atoms with Crippen molar-refractivity contribution in [3.8, 4) is 0 Å². The summed E-state index contributed by atoms with van der Waals surface area (Å²) >= 11 is 0. The quantitative estimate of drug-likeness (QED) is 0.554. The Kier molecular flexibility index (Phi) is 2.11. The van der Waals surface area contributed by atoms with Crippen LogP contribution in [0.5, 0.6) is 0 Å². The molecule has 0 atom stereocenters. The largest absolute Gasteiger partial charge is 0.371 e. The fourth-order valence-electron chi connectivity index (χ4n) is 1.23. The fraction of sp³-hybridized carbons (Fsp3) is 0.750. The van der Waals surface area contributed by atoms with Gasteiger partial charge >= 0.3 is 0 Å². The zero-order chi connectivity index (χ0) is 7.61. The molecular weight excluding hydrogens is 126 g/mol. The van der Waals surface area contributed by atoms with Crippen LogP contribution in [0.2, 0.25) is 0 Å². The van der Waals surface area contributed by atoms with Gasteiger partial charge in [-0.05, 0) is 25.8 Å². The van der Waals surface area contributed by atoms with Crippen molar-refractivity contribution in [2.24, 2.45) is 5.73 Å². The summed E-state index contributed by atoms with van der Waals surface area (Å²) in [6, 6.07) is 0. The molecule has 1 rings (SSSR count).